The highest BCUT2D eigenvalue weighted by Crippen LogP contribution is 2.30. The van der Waals surface area contributed by atoms with Gasteiger partial charge in [0.1, 0.15) is 5.65 Å². The molecule has 3 nitrogen and oxygen atoms in total. The van der Waals surface area contributed by atoms with Crippen molar-refractivity contribution in [3.63, 3.8) is 0 Å². The van der Waals surface area contributed by atoms with Crippen LogP contribution in [-0.2, 0) is 6.42 Å². The maximum Gasteiger partial charge on any atom is 0.224 e. The van der Waals surface area contributed by atoms with Crippen LogP contribution in [0.3, 0.4) is 0 Å². The van der Waals surface area contributed by atoms with E-state index in [1.807, 2.05) is 19.2 Å². The molecular weight excluding hydrogens is 294 g/mol. The second-order valence-corrected chi connectivity index (χ2v) is 5.53. The molecule has 112 valence electrons. The van der Waals surface area contributed by atoms with E-state index in [2.05, 4.69) is 52.2 Å². The molecule has 0 aliphatic carbocycles. The zero-order chi connectivity index (χ0) is 15.5. The molecule has 3 aromatic rings. The number of hydrogen-bond acceptors (Lipinski definition) is 2. The maximum absolute atomic E-state index is 6.10. The highest BCUT2D eigenvalue weighted by Gasteiger charge is 2.15. The van der Waals surface area contributed by atoms with Gasteiger partial charge in [-0.05, 0) is 42.1 Å². The minimum Gasteiger partial charge on any atom is -0.346 e. The normalized spacial score (nSPS) is 12.0. The number of aromatic nitrogens is 3. The van der Waals surface area contributed by atoms with Crippen LogP contribution in [0.4, 0.5) is 0 Å². The third kappa shape index (κ3) is 2.64. The molecule has 0 amide bonds. The van der Waals surface area contributed by atoms with Crippen LogP contribution in [0.5, 0.6) is 0 Å². The maximum atomic E-state index is 6.10. The van der Waals surface area contributed by atoms with E-state index in [0.717, 1.165) is 35.1 Å². The van der Waals surface area contributed by atoms with Crippen LogP contribution in [0, 0.1) is 0 Å². The average molecular weight is 312 g/mol. The van der Waals surface area contributed by atoms with E-state index in [0.29, 0.717) is 0 Å². The van der Waals surface area contributed by atoms with Crippen LogP contribution in [-0.4, -0.2) is 15.0 Å². The molecule has 0 radical (unpaired) electrons. The Kier molecular flexibility index (Phi) is 4.25. The molecule has 2 heterocycles. The molecule has 0 saturated carbocycles. The van der Waals surface area contributed by atoms with E-state index >= 15 is 0 Å². The fraction of sp³-hybridized carbons (Fsp3) is 0.222. The predicted octanol–water partition coefficient (Wildman–Crippen LogP) is 5.02. The molecule has 0 aliphatic heterocycles. The summed E-state index contributed by atoms with van der Waals surface area (Å²) in [6, 6.07) is 10.5. The summed E-state index contributed by atoms with van der Waals surface area (Å²) in [5.74, 6) is 0. The van der Waals surface area contributed by atoms with Crippen molar-refractivity contribution < 1.29 is 0 Å². The molecule has 3 rings (SSSR count). The van der Waals surface area contributed by atoms with Gasteiger partial charge in [-0.15, -0.1) is 0 Å². The zero-order valence-corrected chi connectivity index (χ0v) is 13.5. The van der Waals surface area contributed by atoms with Gasteiger partial charge >= 0.3 is 0 Å². The van der Waals surface area contributed by atoms with Gasteiger partial charge in [-0.2, -0.15) is 4.98 Å². The van der Waals surface area contributed by atoms with E-state index in [9.17, 15) is 0 Å². The summed E-state index contributed by atoms with van der Waals surface area (Å²) in [5.41, 5.74) is 5.28. The van der Waals surface area contributed by atoms with E-state index in [1.165, 1.54) is 11.1 Å². The fourth-order valence-electron chi connectivity index (χ4n) is 2.81. The lowest BCUT2D eigenvalue weighted by atomic mass is 9.93. The van der Waals surface area contributed by atoms with Gasteiger partial charge in [0.25, 0.3) is 0 Å². The number of fused-ring (bicyclic) bond motifs is 1. The number of nitrogens with zero attached hydrogens (tertiary/aromatic N) is 2. The number of rotatable bonds is 4. The molecule has 0 aliphatic rings. The second kappa shape index (κ2) is 6.32. The number of hydrogen-bond donors (Lipinski definition) is 1. The van der Waals surface area contributed by atoms with Crippen molar-refractivity contribution in [2.24, 2.45) is 0 Å². The van der Waals surface area contributed by atoms with Gasteiger partial charge in [0.2, 0.25) is 5.28 Å². The quantitative estimate of drug-likeness (QED) is 0.688. The Balaban J connectivity index is 2.22. The minimum absolute atomic E-state index is 0.261. The van der Waals surface area contributed by atoms with Crippen LogP contribution in [0.25, 0.3) is 16.6 Å². The molecule has 0 spiro atoms. The molecule has 1 N–H and O–H groups in total. The van der Waals surface area contributed by atoms with Crippen molar-refractivity contribution in [3.05, 3.63) is 64.7 Å². The summed E-state index contributed by atoms with van der Waals surface area (Å²) in [4.78, 5) is 11.8. The fourth-order valence-corrected chi connectivity index (χ4v) is 2.98. The number of benzene rings is 1. The molecule has 4 heteroatoms. The summed E-state index contributed by atoms with van der Waals surface area (Å²) >= 11 is 6.10. The second-order valence-electron chi connectivity index (χ2n) is 5.19. The van der Waals surface area contributed by atoms with Gasteiger partial charge in [0.15, 0.2) is 0 Å². The molecule has 0 fully saturated rings. The largest absolute Gasteiger partial charge is 0.346 e. The Morgan fingerprint density at radius 1 is 1.23 bits per heavy atom. The summed E-state index contributed by atoms with van der Waals surface area (Å²) in [5, 5.41) is 1.25. The molecule has 2 aromatic heterocycles. The molecule has 22 heavy (non-hydrogen) atoms. The number of H-pyrrole nitrogens is 1. The number of halogens is 1. The first kappa shape index (κ1) is 14.8. The summed E-state index contributed by atoms with van der Waals surface area (Å²) in [6.45, 7) is 4.23. The van der Waals surface area contributed by atoms with Crippen molar-refractivity contribution in [3.8, 4) is 0 Å². The van der Waals surface area contributed by atoms with Crippen LogP contribution < -0.4 is 0 Å². The average Bonchev–Trinajstić information content (AvgIpc) is 2.98. The Hall–Kier alpha value is -2.13. The van der Waals surface area contributed by atoms with E-state index in [1.54, 1.807) is 0 Å². The Morgan fingerprint density at radius 3 is 2.82 bits per heavy atom. The Labute approximate surface area is 135 Å². The van der Waals surface area contributed by atoms with Crippen molar-refractivity contribution in [1.29, 1.82) is 0 Å². The highest BCUT2D eigenvalue weighted by atomic mass is 35.5. The number of aryl methyl sites for hydroxylation is 1. The molecule has 0 saturated heterocycles. The van der Waals surface area contributed by atoms with Crippen molar-refractivity contribution in [2.45, 2.75) is 26.7 Å². The van der Waals surface area contributed by atoms with Gasteiger partial charge in [0, 0.05) is 17.2 Å². The molecule has 0 unspecified atom stereocenters. The highest BCUT2D eigenvalue weighted by molar-refractivity contribution is 6.28. The third-order valence-corrected chi connectivity index (χ3v) is 3.93. The van der Waals surface area contributed by atoms with Gasteiger partial charge in [-0.25, -0.2) is 4.98 Å². The third-order valence-electron chi connectivity index (χ3n) is 3.76. The number of nitrogens with one attached hydrogen (secondary N) is 1. The van der Waals surface area contributed by atoms with Gasteiger partial charge in [-0.1, -0.05) is 43.7 Å². The minimum atomic E-state index is 0.261. The first-order valence-electron chi connectivity index (χ1n) is 7.50. The molecule has 0 atom stereocenters. The SMILES string of the molecule is C/C=C(\c1ccccc1CCC)c1nc(Cl)nc2[nH]ccc12. The van der Waals surface area contributed by atoms with Crippen LogP contribution in [0.1, 0.15) is 37.1 Å². The van der Waals surface area contributed by atoms with Crippen LogP contribution in [0.15, 0.2) is 42.6 Å². The van der Waals surface area contributed by atoms with Crippen LogP contribution in [0.2, 0.25) is 5.28 Å². The van der Waals surface area contributed by atoms with Crippen molar-refractivity contribution >= 4 is 28.2 Å². The standard InChI is InChI=1S/C18H18ClN3/c1-3-7-12-8-5-6-9-14(12)13(4-2)16-15-10-11-20-17(15)22-18(19)21-16/h4-6,8-11H,3,7H2,1-2H3,(H,20,21,22)/b13-4+. The lowest BCUT2D eigenvalue weighted by molar-refractivity contribution is 0.918. The Morgan fingerprint density at radius 2 is 2.05 bits per heavy atom. The van der Waals surface area contributed by atoms with Crippen molar-refractivity contribution in [1.82, 2.24) is 15.0 Å². The van der Waals surface area contributed by atoms with E-state index < -0.39 is 0 Å². The predicted molar refractivity (Wildman–Crippen MR) is 92.1 cm³/mol. The van der Waals surface area contributed by atoms with Gasteiger partial charge in [-0.3, -0.25) is 0 Å². The Bertz CT molecular complexity index is 833. The summed E-state index contributed by atoms with van der Waals surface area (Å²) < 4.78 is 0. The molecule has 1 aromatic carbocycles. The first-order valence-corrected chi connectivity index (χ1v) is 7.88. The van der Waals surface area contributed by atoms with E-state index in [-0.39, 0.29) is 5.28 Å². The van der Waals surface area contributed by atoms with Crippen molar-refractivity contribution in [2.75, 3.05) is 0 Å². The van der Waals surface area contributed by atoms with Gasteiger partial charge < -0.3 is 4.98 Å². The topological polar surface area (TPSA) is 41.6 Å². The molecular formula is C18H18ClN3. The first-order chi connectivity index (χ1) is 10.7. The van der Waals surface area contributed by atoms with Crippen LogP contribution >= 0.6 is 11.6 Å². The van der Waals surface area contributed by atoms with Gasteiger partial charge in [0.05, 0.1) is 5.69 Å². The molecule has 0 bridgehead atoms. The van der Waals surface area contributed by atoms with E-state index in [4.69, 9.17) is 11.6 Å². The lowest BCUT2D eigenvalue weighted by Gasteiger charge is -2.13. The lowest BCUT2D eigenvalue weighted by Crippen LogP contribution is -1.99. The summed E-state index contributed by atoms with van der Waals surface area (Å²) in [6.07, 6.45) is 6.12. The number of aromatic amines is 1. The zero-order valence-electron chi connectivity index (χ0n) is 12.7. The summed E-state index contributed by atoms with van der Waals surface area (Å²) in [7, 11) is 0. The number of allylic oxidation sites excluding steroid dienone is 1. The monoisotopic (exact) mass is 311 g/mol. The smallest absolute Gasteiger partial charge is 0.224 e.